The van der Waals surface area contributed by atoms with Gasteiger partial charge in [-0.05, 0) is 32.4 Å². The Morgan fingerprint density at radius 3 is 2.56 bits per heavy atom. The molecule has 86 valence electrons. The third-order valence-corrected chi connectivity index (χ3v) is 3.63. The summed E-state index contributed by atoms with van der Waals surface area (Å²) in [6.07, 6.45) is 0. The van der Waals surface area contributed by atoms with E-state index in [1.165, 1.54) is 0 Å². The molecule has 1 aliphatic rings. The van der Waals surface area contributed by atoms with Gasteiger partial charge in [0.05, 0.1) is 10.7 Å². The minimum Gasteiger partial charge on any atom is -0.389 e. The van der Waals surface area contributed by atoms with Crippen LogP contribution in [-0.2, 0) is 4.84 Å². The molecule has 2 rings (SSSR count). The van der Waals surface area contributed by atoms with Gasteiger partial charge in [0.1, 0.15) is 5.60 Å². The van der Waals surface area contributed by atoms with Crippen molar-refractivity contribution in [3.8, 4) is 0 Å². The summed E-state index contributed by atoms with van der Waals surface area (Å²) >= 11 is 6.23. The summed E-state index contributed by atoms with van der Waals surface area (Å²) in [6.45, 7) is 8.25. The summed E-state index contributed by atoms with van der Waals surface area (Å²) in [5, 5.41) is 4.94. The first-order chi connectivity index (χ1) is 7.43. The molecule has 0 saturated heterocycles. The lowest BCUT2D eigenvalue weighted by molar-refractivity contribution is -0.0102. The molecule has 0 radical (unpaired) electrons. The van der Waals surface area contributed by atoms with Crippen molar-refractivity contribution in [2.45, 2.75) is 33.3 Å². The Kier molecular flexibility index (Phi) is 2.70. The van der Waals surface area contributed by atoms with E-state index in [-0.39, 0.29) is 11.5 Å². The smallest absolute Gasteiger partial charge is 0.140 e. The van der Waals surface area contributed by atoms with E-state index in [4.69, 9.17) is 16.4 Å². The summed E-state index contributed by atoms with van der Waals surface area (Å²) in [7, 11) is 0. The maximum absolute atomic E-state index is 6.23. The van der Waals surface area contributed by atoms with Crippen LogP contribution in [0.2, 0.25) is 5.02 Å². The van der Waals surface area contributed by atoms with Crippen LogP contribution in [0.3, 0.4) is 0 Å². The Morgan fingerprint density at radius 2 is 2.06 bits per heavy atom. The van der Waals surface area contributed by atoms with Gasteiger partial charge in [-0.25, -0.2) is 0 Å². The molecular formula is C13H16ClNO. The van der Waals surface area contributed by atoms with Crippen LogP contribution in [0.25, 0.3) is 0 Å². The van der Waals surface area contributed by atoms with E-state index in [1.54, 1.807) is 0 Å². The monoisotopic (exact) mass is 237 g/mol. The van der Waals surface area contributed by atoms with Crippen molar-refractivity contribution in [2.24, 2.45) is 11.1 Å². The highest BCUT2D eigenvalue weighted by Gasteiger charge is 2.39. The first-order valence-corrected chi connectivity index (χ1v) is 5.83. The zero-order valence-electron chi connectivity index (χ0n) is 10.0. The highest BCUT2D eigenvalue weighted by molar-refractivity contribution is 6.34. The molecule has 1 heterocycles. The van der Waals surface area contributed by atoms with Crippen molar-refractivity contribution in [3.05, 3.63) is 34.3 Å². The molecule has 0 aliphatic carbocycles. The Morgan fingerprint density at radius 1 is 1.38 bits per heavy atom. The van der Waals surface area contributed by atoms with Gasteiger partial charge in [0.25, 0.3) is 0 Å². The van der Waals surface area contributed by atoms with Crippen LogP contribution in [0.1, 0.15) is 31.9 Å². The van der Waals surface area contributed by atoms with Crippen LogP contribution in [0.5, 0.6) is 0 Å². The topological polar surface area (TPSA) is 21.6 Å². The summed E-state index contributed by atoms with van der Waals surface area (Å²) in [5.74, 6) is 0.242. The van der Waals surface area contributed by atoms with Crippen LogP contribution in [-0.4, -0.2) is 11.3 Å². The minimum absolute atomic E-state index is 0.242. The predicted octanol–water partition coefficient (Wildman–Crippen LogP) is 3.80. The van der Waals surface area contributed by atoms with Crippen molar-refractivity contribution >= 4 is 17.3 Å². The van der Waals surface area contributed by atoms with E-state index in [9.17, 15) is 0 Å². The van der Waals surface area contributed by atoms with Crippen molar-refractivity contribution < 1.29 is 4.84 Å². The molecular weight excluding hydrogens is 222 g/mol. The fourth-order valence-electron chi connectivity index (χ4n) is 1.87. The lowest BCUT2D eigenvalue weighted by atomic mass is 9.85. The minimum atomic E-state index is -0.249. The normalized spacial score (nSPS) is 22.8. The second-order valence-corrected chi connectivity index (χ2v) is 5.23. The first-order valence-electron chi connectivity index (χ1n) is 5.45. The van der Waals surface area contributed by atoms with Gasteiger partial charge in [-0.1, -0.05) is 35.8 Å². The zero-order chi connectivity index (χ0) is 11.9. The number of rotatable bonds is 1. The molecule has 16 heavy (non-hydrogen) atoms. The number of hydrogen-bond acceptors (Lipinski definition) is 2. The molecule has 0 spiro atoms. The third kappa shape index (κ3) is 1.71. The SMILES string of the molecule is Cc1cccc(Cl)c1C1=NOC(C)(C)C1C. The van der Waals surface area contributed by atoms with Crippen molar-refractivity contribution in [3.63, 3.8) is 0 Å². The lowest BCUT2D eigenvalue weighted by Gasteiger charge is -2.22. The number of aryl methyl sites for hydroxylation is 1. The molecule has 0 fully saturated rings. The van der Waals surface area contributed by atoms with Gasteiger partial charge in [-0.15, -0.1) is 0 Å². The van der Waals surface area contributed by atoms with Crippen molar-refractivity contribution in [1.82, 2.24) is 0 Å². The first kappa shape index (κ1) is 11.5. The largest absolute Gasteiger partial charge is 0.389 e. The van der Waals surface area contributed by atoms with Crippen LogP contribution in [0, 0.1) is 12.8 Å². The molecule has 1 aromatic rings. The van der Waals surface area contributed by atoms with E-state index in [1.807, 2.05) is 39.0 Å². The van der Waals surface area contributed by atoms with Crippen LogP contribution < -0.4 is 0 Å². The average Bonchev–Trinajstić information content (AvgIpc) is 2.45. The van der Waals surface area contributed by atoms with Gasteiger partial charge < -0.3 is 4.84 Å². The molecule has 2 nitrogen and oxygen atoms in total. The fraction of sp³-hybridized carbons (Fsp3) is 0.462. The molecule has 0 saturated carbocycles. The highest BCUT2D eigenvalue weighted by Crippen LogP contribution is 2.34. The Hall–Kier alpha value is -1.02. The van der Waals surface area contributed by atoms with Crippen LogP contribution >= 0.6 is 11.6 Å². The second kappa shape index (κ2) is 3.77. The Labute approximate surface area is 101 Å². The highest BCUT2D eigenvalue weighted by atomic mass is 35.5. The van der Waals surface area contributed by atoms with E-state index in [0.717, 1.165) is 21.9 Å². The number of benzene rings is 1. The molecule has 0 amide bonds. The van der Waals surface area contributed by atoms with E-state index in [0.29, 0.717) is 0 Å². The predicted molar refractivity (Wildman–Crippen MR) is 67.1 cm³/mol. The number of halogens is 1. The maximum atomic E-state index is 6.23. The number of nitrogens with zero attached hydrogens (tertiary/aromatic N) is 1. The Balaban J connectivity index is 2.48. The molecule has 1 unspecified atom stereocenters. The fourth-order valence-corrected chi connectivity index (χ4v) is 2.19. The molecule has 3 heteroatoms. The summed E-state index contributed by atoms with van der Waals surface area (Å²) in [6, 6.07) is 5.89. The van der Waals surface area contributed by atoms with Crippen molar-refractivity contribution in [2.75, 3.05) is 0 Å². The van der Waals surface area contributed by atoms with Gasteiger partial charge in [0.15, 0.2) is 0 Å². The molecule has 0 aromatic heterocycles. The van der Waals surface area contributed by atoms with Gasteiger partial charge in [-0.3, -0.25) is 0 Å². The van der Waals surface area contributed by atoms with Gasteiger partial charge >= 0.3 is 0 Å². The number of oxime groups is 1. The average molecular weight is 238 g/mol. The lowest BCUT2D eigenvalue weighted by Crippen LogP contribution is -2.30. The molecule has 1 atom stereocenters. The summed E-state index contributed by atoms with van der Waals surface area (Å²) in [4.78, 5) is 5.46. The molecule has 0 N–H and O–H groups in total. The standard InChI is InChI=1S/C13H16ClNO/c1-8-6-5-7-10(14)11(8)12-9(2)13(3,4)16-15-12/h5-7,9H,1-4H3. The van der Waals surface area contributed by atoms with Gasteiger partial charge in [-0.2, -0.15) is 0 Å². The zero-order valence-corrected chi connectivity index (χ0v) is 10.8. The van der Waals surface area contributed by atoms with Crippen molar-refractivity contribution in [1.29, 1.82) is 0 Å². The van der Waals surface area contributed by atoms with E-state index >= 15 is 0 Å². The van der Waals surface area contributed by atoms with Crippen LogP contribution in [0.15, 0.2) is 23.4 Å². The molecule has 1 aromatic carbocycles. The van der Waals surface area contributed by atoms with Gasteiger partial charge in [0, 0.05) is 11.5 Å². The van der Waals surface area contributed by atoms with Crippen LogP contribution in [0.4, 0.5) is 0 Å². The maximum Gasteiger partial charge on any atom is 0.140 e. The molecule has 0 bridgehead atoms. The third-order valence-electron chi connectivity index (χ3n) is 3.31. The van der Waals surface area contributed by atoms with Gasteiger partial charge in [0.2, 0.25) is 0 Å². The van der Waals surface area contributed by atoms with E-state index < -0.39 is 0 Å². The number of hydrogen-bond donors (Lipinski definition) is 0. The summed E-state index contributed by atoms with van der Waals surface area (Å²) < 4.78 is 0. The summed E-state index contributed by atoms with van der Waals surface area (Å²) in [5.41, 5.74) is 2.86. The molecule has 1 aliphatic heterocycles. The second-order valence-electron chi connectivity index (χ2n) is 4.82. The van der Waals surface area contributed by atoms with E-state index in [2.05, 4.69) is 12.1 Å². The Bertz CT molecular complexity index is 431. The quantitative estimate of drug-likeness (QED) is 0.728.